The molecule has 1 aromatic carbocycles. The van der Waals surface area contributed by atoms with Gasteiger partial charge in [-0.1, -0.05) is 19.1 Å². The summed E-state index contributed by atoms with van der Waals surface area (Å²) < 4.78 is 0.690. The van der Waals surface area contributed by atoms with E-state index in [-0.39, 0.29) is 12.5 Å². The number of nitrogens with one attached hydrogen (secondary N) is 1. The van der Waals surface area contributed by atoms with Gasteiger partial charge in [-0.25, -0.2) is 0 Å². The minimum Gasteiger partial charge on any atom is -0.481 e. The molecule has 0 saturated carbocycles. The van der Waals surface area contributed by atoms with Gasteiger partial charge in [-0.15, -0.1) is 0 Å². The molecule has 5 heteroatoms. The number of carbonyl (C=O) groups is 2. The number of hydrogen-bond donors (Lipinski definition) is 2. The maximum Gasteiger partial charge on any atom is 0.308 e. The minimum atomic E-state index is -0.924. The third-order valence-electron chi connectivity index (χ3n) is 2.11. The SMILES string of the molecule is CC(CNC(=O)c1ccccc1Br)C(=O)O. The van der Waals surface area contributed by atoms with Gasteiger partial charge in [-0.3, -0.25) is 9.59 Å². The fraction of sp³-hybridized carbons (Fsp3) is 0.273. The highest BCUT2D eigenvalue weighted by Crippen LogP contribution is 2.15. The van der Waals surface area contributed by atoms with Crippen molar-refractivity contribution in [3.63, 3.8) is 0 Å². The van der Waals surface area contributed by atoms with Gasteiger partial charge in [0.2, 0.25) is 0 Å². The first-order valence-electron chi connectivity index (χ1n) is 4.78. The Morgan fingerprint density at radius 3 is 2.62 bits per heavy atom. The lowest BCUT2D eigenvalue weighted by atomic mass is 10.1. The van der Waals surface area contributed by atoms with Crippen LogP contribution in [0.25, 0.3) is 0 Å². The number of benzene rings is 1. The van der Waals surface area contributed by atoms with Gasteiger partial charge >= 0.3 is 5.97 Å². The molecule has 4 nitrogen and oxygen atoms in total. The zero-order valence-electron chi connectivity index (χ0n) is 8.74. The van der Waals surface area contributed by atoms with Crippen LogP contribution >= 0.6 is 15.9 Å². The third-order valence-corrected chi connectivity index (χ3v) is 2.80. The number of carboxylic acids is 1. The Kier molecular flexibility index (Phi) is 4.49. The smallest absolute Gasteiger partial charge is 0.308 e. The Balaban J connectivity index is 2.60. The fourth-order valence-corrected chi connectivity index (χ4v) is 1.54. The van der Waals surface area contributed by atoms with Gasteiger partial charge in [-0.05, 0) is 28.1 Å². The number of aliphatic carboxylic acids is 1. The first kappa shape index (κ1) is 12.7. The van der Waals surface area contributed by atoms with Crippen LogP contribution in [0.15, 0.2) is 28.7 Å². The average Bonchev–Trinajstić information content (AvgIpc) is 2.25. The number of amides is 1. The molecule has 2 N–H and O–H groups in total. The molecule has 16 heavy (non-hydrogen) atoms. The summed E-state index contributed by atoms with van der Waals surface area (Å²) in [4.78, 5) is 22.2. The van der Waals surface area contributed by atoms with Crippen molar-refractivity contribution >= 4 is 27.8 Å². The minimum absolute atomic E-state index is 0.121. The fourth-order valence-electron chi connectivity index (χ4n) is 1.07. The van der Waals surface area contributed by atoms with Gasteiger partial charge in [0.05, 0.1) is 11.5 Å². The van der Waals surface area contributed by atoms with E-state index in [1.807, 2.05) is 0 Å². The van der Waals surface area contributed by atoms with E-state index in [0.717, 1.165) is 0 Å². The standard InChI is InChI=1S/C11H12BrNO3/c1-7(11(15)16)6-13-10(14)8-4-2-3-5-9(8)12/h2-5,7H,6H2,1H3,(H,13,14)(H,15,16). The average molecular weight is 286 g/mol. The summed E-state index contributed by atoms with van der Waals surface area (Å²) in [5.41, 5.74) is 0.500. The van der Waals surface area contributed by atoms with Crippen molar-refractivity contribution in [1.82, 2.24) is 5.32 Å². The summed E-state index contributed by atoms with van der Waals surface area (Å²) in [5, 5.41) is 11.2. The second-order valence-electron chi connectivity index (χ2n) is 3.43. The lowest BCUT2D eigenvalue weighted by Crippen LogP contribution is -2.31. The highest BCUT2D eigenvalue weighted by atomic mass is 79.9. The Bertz CT molecular complexity index is 406. The predicted molar refractivity (Wildman–Crippen MR) is 63.3 cm³/mol. The number of rotatable bonds is 4. The molecule has 0 aromatic heterocycles. The zero-order chi connectivity index (χ0) is 12.1. The number of hydrogen-bond acceptors (Lipinski definition) is 2. The summed E-state index contributed by atoms with van der Waals surface area (Å²) in [6.45, 7) is 1.66. The molecule has 1 rings (SSSR count). The molecule has 0 aliphatic heterocycles. The summed E-state index contributed by atoms with van der Waals surface area (Å²) in [6, 6.07) is 6.99. The Morgan fingerprint density at radius 2 is 2.06 bits per heavy atom. The van der Waals surface area contributed by atoms with Crippen LogP contribution in [0.5, 0.6) is 0 Å². The zero-order valence-corrected chi connectivity index (χ0v) is 10.3. The van der Waals surface area contributed by atoms with E-state index in [4.69, 9.17) is 5.11 Å². The van der Waals surface area contributed by atoms with Crippen LogP contribution in [0, 0.1) is 5.92 Å². The molecular weight excluding hydrogens is 274 g/mol. The summed E-state index contributed by atoms with van der Waals surface area (Å²) in [5.74, 6) is -1.79. The summed E-state index contributed by atoms with van der Waals surface area (Å²) in [6.07, 6.45) is 0. The highest BCUT2D eigenvalue weighted by Gasteiger charge is 2.14. The van der Waals surface area contributed by atoms with Gasteiger partial charge in [0.25, 0.3) is 5.91 Å². The van der Waals surface area contributed by atoms with Crippen molar-refractivity contribution in [3.05, 3.63) is 34.3 Å². The summed E-state index contributed by atoms with van der Waals surface area (Å²) >= 11 is 3.26. The molecule has 1 unspecified atom stereocenters. The topological polar surface area (TPSA) is 66.4 Å². The molecule has 0 saturated heterocycles. The maximum atomic E-state index is 11.7. The van der Waals surface area contributed by atoms with Gasteiger partial charge in [0, 0.05) is 11.0 Å². The van der Waals surface area contributed by atoms with Crippen molar-refractivity contribution in [3.8, 4) is 0 Å². The van der Waals surface area contributed by atoms with Gasteiger partial charge in [-0.2, -0.15) is 0 Å². The first-order chi connectivity index (χ1) is 7.52. The molecule has 0 fully saturated rings. The Hall–Kier alpha value is -1.36. The lowest BCUT2D eigenvalue weighted by molar-refractivity contribution is -0.140. The second-order valence-corrected chi connectivity index (χ2v) is 4.28. The number of halogens is 1. The van der Waals surface area contributed by atoms with E-state index >= 15 is 0 Å². The summed E-state index contributed by atoms with van der Waals surface area (Å²) in [7, 11) is 0. The van der Waals surface area contributed by atoms with Crippen LogP contribution in [0.2, 0.25) is 0 Å². The van der Waals surface area contributed by atoms with Crippen LogP contribution in [-0.4, -0.2) is 23.5 Å². The van der Waals surface area contributed by atoms with Gasteiger partial charge in [0.1, 0.15) is 0 Å². The van der Waals surface area contributed by atoms with Crippen molar-refractivity contribution in [1.29, 1.82) is 0 Å². The molecule has 1 aromatic rings. The van der Waals surface area contributed by atoms with Crippen LogP contribution in [-0.2, 0) is 4.79 Å². The first-order valence-corrected chi connectivity index (χ1v) is 5.57. The van der Waals surface area contributed by atoms with E-state index in [9.17, 15) is 9.59 Å². The molecule has 0 heterocycles. The van der Waals surface area contributed by atoms with E-state index in [1.165, 1.54) is 0 Å². The molecule has 0 aliphatic carbocycles. The molecule has 86 valence electrons. The predicted octanol–water partition coefficient (Wildman–Crippen LogP) is 1.90. The van der Waals surface area contributed by atoms with E-state index < -0.39 is 11.9 Å². The van der Waals surface area contributed by atoms with Crippen molar-refractivity contribution < 1.29 is 14.7 Å². The molecular formula is C11H12BrNO3. The van der Waals surface area contributed by atoms with E-state index in [0.29, 0.717) is 10.0 Å². The molecule has 1 amide bonds. The van der Waals surface area contributed by atoms with Crippen molar-refractivity contribution in [2.24, 2.45) is 5.92 Å². The molecule has 0 radical (unpaired) electrons. The normalized spacial score (nSPS) is 11.9. The van der Waals surface area contributed by atoms with Crippen LogP contribution in [0.3, 0.4) is 0 Å². The third kappa shape index (κ3) is 3.34. The molecule has 1 atom stereocenters. The van der Waals surface area contributed by atoms with Crippen LogP contribution in [0.1, 0.15) is 17.3 Å². The number of carbonyl (C=O) groups excluding carboxylic acids is 1. The molecule has 0 aliphatic rings. The van der Waals surface area contributed by atoms with E-state index in [2.05, 4.69) is 21.2 Å². The largest absolute Gasteiger partial charge is 0.481 e. The Labute approximate surface area is 102 Å². The quantitative estimate of drug-likeness (QED) is 0.888. The van der Waals surface area contributed by atoms with E-state index in [1.54, 1.807) is 31.2 Å². The second kappa shape index (κ2) is 5.65. The van der Waals surface area contributed by atoms with Crippen molar-refractivity contribution in [2.75, 3.05) is 6.54 Å². The van der Waals surface area contributed by atoms with Crippen LogP contribution < -0.4 is 5.32 Å². The molecule has 0 bridgehead atoms. The monoisotopic (exact) mass is 285 g/mol. The highest BCUT2D eigenvalue weighted by molar-refractivity contribution is 9.10. The van der Waals surface area contributed by atoms with Crippen molar-refractivity contribution in [2.45, 2.75) is 6.92 Å². The van der Waals surface area contributed by atoms with Crippen LogP contribution in [0.4, 0.5) is 0 Å². The van der Waals surface area contributed by atoms with Gasteiger partial charge in [0.15, 0.2) is 0 Å². The lowest BCUT2D eigenvalue weighted by Gasteiger charge is -2.09. The molecule has 0 spiro atoms. The Morgan fingerprint density at radius 1 is 1.44 bits per heavy atom. The maximum absolute atomic E-state index is 11.7. The van der Waals surface area contributed by atoms with Gasteiger partial charge < -0.3 is 10.4 Å². The number of carboxylic acid groups (broad SMARTS) is 1.